The van der Waals surface area contributed by atoms with Crippen LogP contribution in [0.5, 0.6) is 0 Å². The predicted molar refractivity (Wildman–Crippen MR) is 344 cm³/mol. The van der Waals surface area contributed by atoms with Crippen molar-refractivity contribution < 1.29 is 28.6 Å². The molecule has 1 unspecified atom stereocenters. The molecule has 0 N–H and O–H groups in total. The molecule has 462 valence electrons. The van der Waals surface area contributed by atoms with Crippen LogP contribution < -0.4 is 0 Å². The third kappa shape index (κ3) is 66.1. The topological polar surface area (TPSA) is 78.9 Å². The monoisotopic (exact) mass is 1110 g/mol. The molecule has 6 heteroatoms. The summed E-state index contributed by atoms with van der Waals surface area (Å²) in [5.74, 6) is -0.887. The van der Waals surface area contributed by atoms with Gasteiger partial charge in [0.1, 0.15) is 13.2 Å². The van der Waals surface area contributed by atoms with Crippen molar-refractivity contribution in [2.75, 3.05) is 13.2 Å². The van der Waals surface area contributed by atoms with Gasteiger partial charge in [0, 0.05) is 19.3 Å². The summed E-state index contributed by atoms with van der Waals surface area (Å²) in [7, 11) is 0. The van der Waals surface area contributed by atoms with E-state index in [9.17, 15) is 14.4 Å². The predicted octanol–water partition coefficient (Wildman–Crippen LogP) is 24.1. The fourth-order valence-electron chi connectivity index (χ4n) is 10.5. The maximum atomic E-state index is 12.9. The van der Waals surface area contributed by atoms with E-state index in [1.165, 1.54) is 238 Å². The average Bonchev–Trinajstić information content (AvgIpc) is 3.45. The third-order valence-corrected chi connectivity index (χ3v) is 15.8. The molecule has 0 rings (SSSR count). The highest BCUT2D eigenvalue weighted by Gasteiger charge is 2.19. The second kappa shape index (κ2) is 67.9. The van der Waals surface area contributed by atoms with Crippen molar-refractivity contribution in [3.8, 4) is 0 Å². The first kappa shape index (κ1) is 76.4. The summed E-state index contributed by atoms with van der Waals surface area (Å²) in [6.07, 6.45) is 85.8. The fraction of sp³-hybridized carbons (Fsp3) is 0.849. The van der Waals surface area contributed by atoms with Gasteiger partial charge in [-0.25, -0.2) is 0 Å². The van der Waals surface area contributed by atoms with E-state index in [1.807, 2.05) is 0 Å². The molecule has 6 nitrogen and oxygen atoms in total. The highest BCUT2D eigenvalue weighted by Crippen LogP contribution is 2.18. The maximum Gasteiger partial charge on any atom is 0.306 e. The van der Waals surface area contributed by atoms with E-state index in [0.717, 1.165) is 103 Å². The first-order valence-corrected chi connectivity index (χ1v) is 35.1. The Balaban J connectivity index is 4.15. The highest BCUT2D eigenvalue weighted by molar-refractivity contribution is 5.71. The minimum absolute atomic E-state index is 0.0800. The molecule has 0 spiro atoms. The van der Waals surface area contributed by atoms with Crippen molar-refractivity contribution in [1.29, 1.82) is 0 Å². The molecule has 0 aliphatic heterocycles. The Morgan fingerprint density at radius 3 is 0.722 bits per heavy atom. The van der Waals surface area contributed by atoms with Crippen LogP contribution in [0.1, 0.15) is 380 Å². The van der Waals surface area contributed by atoms with Crippen LogP contribution in [0.2, 0.25) is 0 Å². The quantitative estimate of drug-likeness (QED) is 0.0261. The molecule has 0 aliphatic carbocycles. The maximum absolute atomic E-state index is 12.9. The smallest absolute Gasteiger partial charge is 0.306 e. The first-order valence-electron chi connectivity index (χ1n) is 35.1. The number of hydrogen-bond donors (Lipinski definition) is 0. The largest absolute Gasteiger partial charge is 0.462 e. The molecule has 79 heavy (non-hydrogen) atoms. The molecule has 0 bridgehead atoms. The van der Waals surface area contributed by atoms with Gasteiger partial charge in [-0.05, 0) is 83.5 Å². The van der Waals surface area contributed by atoms with Crippen LogP contribution in [0.15, 0.2) is 48.6 Å². The second-order valence-electron chi connectivity index (χ2n) is 23.8. The number of carbonyl (C=O) groups excluding carboxylic acids is 3. The van der Waals surface area contributed by atoms with Crippen LogP contribution in [0, 0.1) is 0 Å². The van der Waals surface area contributed by atoms with Crippen molar-refractivity contribution in [3.63, 3.8) is 0 Å². The average molecular weight is 1110 g/mol. The van der Waals surface area contributed by atoms with Gasteiger partial charge >= 0.3 is 17.9 Å². The van der Waals surface area contributed by atoms with E-state index >= 15 is 0 Å². The lowest BCUT2D eigenvalue weighted by Crippen LogP contribution is -2.30. The number of ether oxygens (including phenoxy) is 3. The number of hydrogen-bond acceptors (Lipinski definition) is 6. The fourth-order valence-corrected chi connectivity index (χ4v) is 10.5. The lowest BCUT2D eigenvalue weighted by atomic mass is 10.0. The van der Waals surface area contributed by atoms with Crippen LogP contribution in [-0.4, -0.2) is 37.2 Å². The lowest BCUT2D eigenvalue weighted by molar-refractivity contribution is -0.167. The Morgan fingerprint density at radius 1 is 0.253 bits per heavy atom. The Kier molecular flexibility index (Phi) is 65.6. The summed E-state index contributed by atoms with van der Waals surface area (Å²) in [5, 5.41) is 0. The zero-order chi connectivity index (χ0) is 57.1. The van der Waals surface area contributed by atoms with Crippen molar-refractivity contribution in [2.45, 2.75) is 386 Å². The second-order valence-corrected chi connectivity index (χ2v) is 23.8. The van der Waals surface area contributed by atoms with Gasteiger partial charge in [0.15, 0.2) is 6.10 Å². The van der Waals surface area contributed by atoms with Crippen LogP contribution >= 0.6 is 0 Å². The SMILES string of the molecule is CCCCC/C=C\C/C=C\CCCCCCCC(=O)OCC(COC(=O)CCCCCCCCCCCCCCCCCCCCCCCCCCCCCCCCC)OC(=O)CCCCCCC/C=C\C/C=C\CCCCC. The Morgan fingerprint density at radius 2 is 0.456 bits per heavy atom. The van der Waals surface area contributed by atoms with Crippen molar-refractivity contribution in [2.24, 2.45) is 0 Å². The molecule has 0 saturated heterocycles. The number of allylic oxidation sites excluding steroid dienone is 8. The van der Waals surface area contributed by atoms with E-state index in [1.54, 1.807) is 0 Å². The molecule has 1 atom stereocenters. The van der Waals surface area contributed by atoms with Crippen LogP contribution in [0.3, 0.4) is 0 Å². The van der Waals surface area contributed by atoms with Gasteiger partial charge in [-0.2, -0.15) is 0 Å². The van der Waals surface area contributed by atoms with Crippen LogP contribution in [0.25, 0.3) is 0 Å². The minimum Gasteiger partial charge on any atom is -0.462 e. The molecule has 0 aliphatic rings. The summed E-state index contributed by atoms with van der Waals surface area (Å²) in [4.78, 5) is 38.3. The summed E-state index contributed by atoms with van der Waals surface area (Å²) in [6, 6.07) is 0. The normalized spacial score (nSPS) is 12.3. The summed E-state index contributed by atoms with van der Waals surface area (Å²) >= 11 is 0. The van der Waals surface area contributed by atoms with Crippen LogP contribution in [-0.2, 0) is 28.6 Å². The summed E-state index contributed by atoms with van der Waals surface area (Å²) < 4.78 is 16.9. The van der Waals surface area contributed by atoms with E-state index in [2.05, 4.69) is 69.4 Å². The molecule has 0 saturated carbocycles. The van der Waals surface area contributed by atoms with Gasteiger partial charge in [0.05, 0.1) is 0 Å². The lowest BCUT2D eigenvalue weighted by Gasteiger charge is -2.18. The van der Waals surface area contributed by atoms with Crippen molar-refractivity contribution >= 4 is 17.9 Å². The molecular weight excluding hydrogens is 973 g/mol. The number of unbranched alkanes of at least 4 members (excludes halogenated alkanes) is 46. The molecule has 0 radical (unpaired) electrons. The van der Waals surface area contributed by atoms with Crippen LogP contribution in [0.4, 0.5) is 0 Å². The number of carbonyl (C=O) groups is 3. The number of esters is 3. The molecule has 0 aromatic rings. The van der Waals surface area contributed by atoms with Gasteiger partial charge in [0.2, 0.25) is 0 Å². The van der Waals surface area contributed by atoms with Crippen molar-refractivity contribution in [1.82, 2.24) is 0 Å². The Labute approximate surface area is 492 Å². The van der Waals surface area contributed by atoms with E-state index in [-0.39, 0.29) is 31.1 Å². The highest BCUT2D eigenvalue weighted by atomic mass is 16.6. The molecule has 0 aromatic carbocycles. The van der Waals surface area contributed by atoms with E-state index in [0.29, 0.717) is 19.3 Å². The third-order valence-electron chi connectivity index (χ3n) is 15.8. The Bertz CT molecular complexity index is 1360. The molecular formula is C73H134O6. The molecule has 0 amide bonds. The zero-order valence-corrected chi connectivity index (χ0v) is 53.2. The molecule has 0 fully saturated rings. The van der Waals surface area contributed by atoms with Gasteiger partial charge in [0.25, 0.3) is 0 Å². The summed E-state index contributed by atoms with van der Waals surface area (Å²) in [5.41, 5.74) is 0. The van der Waals surface area contributed by atoms with Gasteiger partial charge in [-0.3, -0.25) is 14.4 Å². The van der Waals surface area contributed by atoms with Gasteiger partial charge in [-0.1, -0.05) is 326 Å². The first-order chi connectivity index (χ1) is 39.0. The Hall–Kier alpha value is -2.63. The van der Waals surface area contributed by atoms with Gasteiger partial charge in [-0.15, -0.1) is 0 Å². The zero-order valence-electron chi connectivity index (χ0n) is 53.2. The van der Waals surface area contributed by atoms with E-state index < -0.39 is 6.10 Å². The standard InChI is InChI=1S/C73H134O6/c1-4-7-10-13-16-19-22-25-28-29-30-31-32-33-34-35-36-37-38-39-40-41-42-43-46-48-51-54-57-60-63-66-72(75)78-69-70(79-73(76)67-64-61-58-55-52-49-45-27-24-21-18-15-12-9-6-3)68-77-71(74)65-62-59-56-53-50-47-44-26-23-20-17-14-11-8-5-2/h17-18,20-21,26-27,44-45,70H,4-16,19,22-25,28-43,46-69H2,1-3H3/b20-17-,21-18-,44-26-,45-27-. The molecule has 0 heterocycles. The molecule has 0 aromatic heterocycles. The summed E-state index contributed by atoms with van der Waals surface area (Å²) in [6.45, 7) is 6.62. The van der Waals surface area contributed by atoms with E-state index in [4.69, 9.17) is 14.2 Å². The number of rotatable bonds is 65. The minimum atomic E-state index is -0.786. The van der Waals surface area contributed by atoms with Gasteiger partial charge < -0.3 is 14.2 Å². The van der Waals surface area contributed by atoms with Crippen molar-refractivity contribution in [3.05, 3.63) is 48.6 Å².